The third kappa shape index (κ3) is 4.50. The molecule has 0 amide bonds. The summed E-state index contributed by atoms with van der Waals surface area (Å²) in [7, 11) is 0. The molecule has 160 valence electrons. The highest BCUT2D eigenvalue weighted by Gasteiger charge is 2.26. The van der Waals surface area contributed by atoms with Gasteiger partial charge in [-0.25, -0.2) is 13.2 Å². The third-order valence-corrected chi connectivity index (χ3v) is 7.12. The fourth-order valence-corrected chi connectivity index (χ4v) is 5.28. The standard InChI is InChI=1S/C27H31F3/c1-2-3-4-5-18-6-8-19(9-7-18)20-10-13-23-21(16-20)11-14-24(27(23)30)22-12-15-25(28)26(29)17-22/h10-12,14-15,17-19H,2-9,13,16H2,1H3. The van der Waals surface area contributed by atoms with Crippen LogP contribution < -0.4 is 0 Å². The number of rotatable bonds is 6. The van der Waals surface area contributed by atoms with E-state index in [2.05, 4.69) is 13.0 Å². The highest BCUT2D eigenvalue weighted by molar-refractivity contribution is 5.66. The maximum atomic E-state index is 15.2. The van der Waals surface area contributed by atoms with Crippen LogP contribution >= 0.6 is 0 Å². The van der Waals surface area contributed by atoms with Crippen LogP contribution in [0.4, 0.5) is 13.2 Å². The van der Waals surface area contributed by atoms with Crippen LogP contribution in [-0.2, 0) is 12.8 Å². The lowest BCUT2D eigenvalue weighted by Gasteiger charge is -2.32. The van der Waals surface area contributed by atoms with E-state index in [0.29, 0.717) is 29.0 Å². The van der Waals surface area contributed by atoms with Gasteiger partial charge in [0.25, 0.3) is 0 Å². The van der Waals surface area contributed by atoms with Gasteiger partial charge in [0, 0.05) is 5.56 Å². The van der Waals surface area contributed by atoms with Gasteiger partial charge in [0.05, 0.1) is 0 Å². The van der Waals surface area contributed by atoms with E-state index >= 15 is 4.39 Å². The van der Waals surface area contributed by atoms with E-state index in [1.165, 1.54) is 63.0 Å². The van der Waals surface area contributed by atoms with E-state index in [1.807, 2.05) is 6.07 Å². The van der Waals surface area contributed by atoms with E-state index in [1.54, 1.807) is 6.07 Å². The van der Waals surface area contributed by atoms with Gasteiger partial charge in [0.1, 0.15) is 5.82 Å². The van der Waals surface area contributed by atoms with Crippen molar-refractivity contribution in [3.8, 4) is 11.1 Å². The first kappa shape index (κ1) is 21.2. The Labute approximate surface area is 178 Å². The molecular weight excluding hydrogens is 381 g/mol. The van der Waals surface area contributed by atoms with Crippen LogP contribution in [0, 0.1) is 29.3 Å². The molecule has 2 aliphatic rings. The maximum Gasteiger partial charge on any atom is 0.159 e. The van der Waals surface area contributed by atoms with Crippen molar-refractivity contribution in [2.75, 3.05) is 0 Å². The SMILES string of the molecule is CCCCCC1CCC(C2=CCc3c(ccc(-c4ccc(F)c(F)c4)c3F)C2)CC1. The zero-order valence-electron chi connectivity index (χ0n) is 17.8. The zero-order chi connectivity index (χ0) is 21.1. The minimum atomic E-state index is -0.947. The number of hydrogen-bond acceptors (Lipinski definition) is 0. The number of unbranched alkanes of at least 4 members (excludes halogenated alkanes) is 2. The van der Waals surface area contributed by atoms with Crippen molar-refractivity contribution >= 4 is 0 Å². The fourth-order valence-electron chi connectivity index (χ4n) is 5.28. The second-order valence-electron chi connectivity index (χ2n) is 9.07. The molecule has 0 aromatic heterocycles. The predicted molar refractivity (Wildman–Crippen MR) is 117 cm³/mol. The molecule has 4 rings (SSSR count). The molecule has 0 bridgehead atoms. The molecule has 3 heteroatoms. The van der Waals surface area contributed by atoms with Crippen molar-refractivity contribution in [2.45, 2.75) is 71.1 Å². The topological polar surface area (TPSA) is 0 Å². The Morgan fingerprint density at radius 3 is 2.43 bits per heavy atom. The van der Waals surface area contributed by atoms with Gasteiger partial charge in [0.15, 0.2) is 11.6 Å². The van der Waals surface area contributed by atoms with Crippen LogP contribution in [0.3, 0.4) is 0 Å². The maximum absolute atomic E-state index is 15.2. The Bertz CT molecular complexity index is 920. The Kier molecular flexibility index (Phi) is 6.65. The molecule has 1 saturated carbocycles. The molecule has 0 saturated heterocycles. The summed E-state index contributed by atoms with van der Waals surface area (Å²) < 4.78 is 42.0. The summed E-state index contributed by atoms with van der Waals surface area (Å²) in [4.78, 5) is 0. The van der Waals surface area contributed by atoms with Gasteiger partial charge in [-0.2, -0.15) is 0 Å². The van der Waals surface area contributed by atoms with E-state index in [4.69, 9.17) is 0 Å². The van der Waals surface area contributed by atoms with Crippen LogP contribution in [-0.4, -0.2) is 0 Å². The van der Waals surface area contributed by atoms with Crippen molar-refractivity contribution in [1.29, 1.82) is 0 Å². The first-order valence-electron chi connectivity index (χ1n) is 11.5. The highest BCUT2D eigenvalue weighted by Crippen LogP contribution is 2.40. The normalized spacial score (nSPS) is 21.3. The largest absolute Gasteiger partial charge is 0.206 e. The number of hydrogen-bond donors (Lipinski definition) is 0. The smallest absolute Gasteiger partial charge is 0.159 e. The second-order valence-corrected chi connectivity index (χ2v) is 9.07. The number of benzene rings is 2. The van der Waals surface area contributed by atoms with Crippen LogP contribution in [0.25, 0.3) is 11.1 Å². The Morgan fingerprint density at radius 2 is 1.70 bits per heavy atom. The summed E-state index contributed by atoms with van der Waals surface area (Å²) >= 11 is 0. The molecule has 0 heterocycles. The van der Waals surface area contributed by atoms with Crippen molar-refractivity contribution in [1.82, 2.24) is 0 Å². The fraction of sp³-hybridized carbons (Fsp3) is 0.481. The van der Waals surface area contributed by atoms with Crippen molar-refractivity contribution in [3.05, 3.63) is 70.6 Å². The summed E-state index contributed by atoms with van der Waals surface area (Å²) in [6.45, 7) is 2.26. The molecular formula is C27H31F3. The molecule has 2 aliphatic carbocycles. The Balaban J connectivity index is 1.44. The molecule has 0 spiro atoms. The summed E-state index contributed by atoms with van der Waals surface area (Å²) in [5, 5.41) is 0. The number of allylic oxidation sites excluding steroid dienone is 2. The highest BCUT2D eigenvalue weighted by atomic mass is 19.2. The van der Waals surface area contributed by atoms with Gasteiger partial charge < -0.3 is 0 Å². The van der Waals surface area contributed by atoms with Crippen LogP contribution in [0.15, 0.2) is 42.0 Å². The summed E-state index contributed by atoms with van der Waals surface area (Å²) in [6, 6.07) is 7.25. The molecule has 0 unspecified atom stereocenters. The van der Waals surface area contributed by atoms with Crippen LogP contribution in [0.2, 0.25) is 0 Å². The molecule has 1 fully saturated rings. The Hall–Kier alpha value is -2.03. The average molecular weight is 413 g/mol. The van der Waals surface area contributed by atoms with Gasteiger partial charge in [-0.1, -0.05) is 62.5 Å². The molecule has 30 heavy (non-hydrogen) atoms. The lowest BCUT2D eigenvalue weighted by atomic mass is 9.73. The van der Waals surface area contributed by atoms with Gasteiger partial charge in [-0.05, 0) is 79.2 Å². The van der Waals surface area contributed by atoms with Crippen LogP contribution in [0.5, 0.6) is 0 Å². The molecule has 0 radical (unpaired) electrons. The summed E-state index contributed by atoms with van der Waals surface area (Å²) in [5.74, 6) is -0.634. The first-order chi connectivity index (χ1) is 14.6. The molecule has 2 aromatic rings. The number of fused-ring (bicyclic) bond motifs is 1. The predicted octanol–water partition coefficient (Wildman–Crippen LogP) is 8.18. The Morgan fingerprint density at radius 1 is 0.900 bits per heavy atom. The van der Waals surface area contributed by atoms with Crippen molar-refractivity contribution in [2.24, 2.45) is 11.8 Å². The molecule has 0 atom stereocenters. The first-order valence-corrected chi connectivity index (χ1v) is 11.5. The molecule has 2 aromatic carbocycles. The summed E-state index contributed by atoms with van der Waals surface area (Å²) in [6.07, 6.45) is 14.2. The molecule has 0 N–H and O–H groups in total. The minimum absolute atomic E-state index is 0.298. The third-order valence-electron chi connectivity index (χ3n) is 7.12. The van der Waals surface area contributed by atoms with Gasteiger partial charge in [0.2, 0.25) is 0 Å². The second kappa shape index (κ2) is 9.41. The lowest BCUT2D eigenvalue weighted by molar-refractivity contribution is 0.279. The number of halogens is 3. The van der Waals surface area contributed by atoms with Gasteiger partial charge >= 0.3 is 0 Å². The van der Waals surface area contributed by atoms with Crippen molar-refractivity contribution in [3.63, 3.8) is 0 Å². The zero-order valence-corrected chi connectivity index (χ0v) is 17.8. The average Bonchev–Trinajstić information content (AvgIpc) is 2.76. The molecule has 0 nitrogen and oxygen atoms in total. The van der Waals surface area contributed by atoms with Gasteiger partial charge in [-0.3, -0.25) is 0 Å². The van der Waals surface area contributed by atoms with E-state index in [-0.39, 0.29) is 5.82 Å². The monoisotopic (exact) mass is 412 g/mol. The molecule has 0 aliphatic heterocycles. The van der Waals surface area contributed by atoms with E-state index in [0.717, 1.165) is 30.0 Å². The van der Waals surface area contributed by atoms with Gasteiger partial charge in [-0.15, -0.1) is 0 Å². The van der Waals surface area contributed by atoms with Crippen LogP contribution in [0.1, 0.15) is 69.4 Å². The minimum Gasteiger partial charge on any atom is -0.206 e. The van der Waals surface area contributed by atoms with E-state index < -0.39 is 11.6 Å². The van der Waals surface area contributed by atoms with Crippen molar-refractivity contribution < 1.29 is 13.2 Å². The quantitative estimate of drug-likeness (QED) is 0.331. The summed E-state index contributed by atoms with van der Waals surface area (Å²) in [5.41, 5.74) is 3.94. The lowest BCUT2D eigenvalue weighted by Crippen LogP contribution is -2.19. The van der Waals surface area contributed by atoms with E-state index in [9.17, 15) is 8.78 Å².